The van der Waals surface area contributed by atoms with E-state index in [2.05, 4.69) is 0 Å². The van der Waals surface area contributed by atoms with E-state index in [-0.39, 0.29) is 11.8 Å². The number of furan rings is 1. The van der Waals surface area contributed by atoms with Crippen LogP contribution >= 0.6 is 11.3 Å². The van der Waals surface area contributed by atoms with Gasteiger partial charge in [0, 0.05) is 29.6 Å². The Balaban J connectivity index is 1.60. The van der Waals surface area contributed by atoms with Gasteiger partial charge in [0.15, 0.2) is 0 Å². The fourth-order valence-corrected chi connectivity index (χ4v) is 4.14. The van der Waals surface area contributed by atoms with E-state index in [0.29, 0.717) is 25.2 Å². The topological polar surface area (TPSA) is 53.8 Å². The summed E-state index contributed by atoms with van der Waals surface area (Å²) in [4.78, 5) is 29.6. The standard InChI is InChI=1S/C21H20N2O3S/c1-15(24)23-9-8-16-12-17(6-7-20(16)23)21(25)22(13-18-4-2-10-26-18)14-19-5-3-11-27-19/h2-7,10-12H,8-9,13-14H2,1H3. The lowest BCUT2D eigenvalue weighted by atomic mass is 10.1. The SMILES string of the molecule is CC(=O)N1CCc2cc(C(=O)N(Cc3ccco3)Cc3cccs3)ccc21. The molecule has 1 aliphatic rings. The van der Waals surface area contributed by atoms with Crippen LogP contribution in [0, 0.1) is 0 Å². The summed E-state index contributed by atoms with van der Waals surface area (Å²) in [5.74, 6) is 0.748. The van der Waals surface area contributed by atoms with Crippen molar-refractivity contribution < 1.29 is 14.0 Å². The molecular formula is C21H20N2O3S. The Morgan fingerprint density at radius 1 is 1.19 bits per heavy atom. The van der Waals surface area contributed by atoms with Gasteiger partial charge in [-0.2, -0.15) is 0 Å². The Morgan fingerprint density at radius 3 is 2.78 bits per heavy atom. The molecule has 1 aromatic carbocycles. The molecule has 4 rings (SSSR count). The molecule has 0 N–H and O–H groups in total. The molecule has 0 radical (unpaired) electrons. The van der Waals surface area contributed by atoms with E-state index < -0.39 is 0 Å². The smallest absolute Gasteiger partial charge is 0.254 e. The van der Waals surface area contributed by atoms with Crippen LogP contribution in [0.15, 0.2) is 58.5 Å². The Labute approximate surface area is 161 Å². The highest BCUT2D eigenvalue weighted by molar-refractivity contribution is 7.09. The molecule has 0 saturated carbocycles. The van der Waals surface area contributed by atoms with Gasteiger partial charge in [-0.05, 0) is 53.8 Å². The molecule has 5 nitrogen and oxygen atoms in total. The maximum absolute atomic E-state index is 13.2. The number of nitrogens with zero attached hydrogens (tertiary/aromatic N) is 2. The minimum absolute atomic E-state index is 0.0324. The highest BCUT2D eigenvalue weighted by Crippen LogP contribution is 2.29. The van der Waals surface area contributed by atoms with Gasteiger partial charge in [-0.1, -0.05) is 6.07 Å². The van der Waals surface area contributed by atoms with E-state index in [1.54, 1.807) is 34.3 Å². The predicted octanol–water partition coefficient (Wildman–Crippen LogP) is 4.09. The zero-order valence-corrected chi connectivity index (χ0v) is 15.9. The molecule has 3 heterocycles. The fourth-order valence-electron chi connectivity index (χ4n) is 3.43. The number of anilines is 1. The summed E-state index contributed by atoms with van der Waals surface area (Å²) >= 11 is 1.63. The number of carbonyl (C=O) groups excluding carboxylic acids is 2. The summed E-state index contributed by atoms with van der Waals surface area (Å²) in [6, 6.07) is 13.3. The maximum atomic E-state index is 13.2. The largest absolute Gasteiger partial charge is 0.467 e. The Bertz CT molecular complexity index is 912. The molecule has 0 unspecified atom stereocenters. The van der Waals surface area contributed by atoms with E-state index in [4.69, 9.17) is 4.42 Å². The van der Waals surface area contributed by atoms with Crippen LogP contribution in [0.4, 0.5) is 5.69 Å². The van der Waals surface area contributed by atoms with Gasteiger partial charge in [0.25, 0.3) is 5.91 Å². The third-order valence-corrected chi connectivity index (χ3v) is 5.60. The van der Waals surface area contributed by atoms with E-state index >= 15 is 0 Å². The van der Waals surface area contributed by atoms with E-state index in [1.807, 2.05) is 47.8 Å². The number of benzene rings is 1. The van der Waals surface area contributed by atoms with Crippen molar-refractivity contribution in [1.29, 1.82) is 0 Å². The monoisotopic (exact) mass is 380 g/mol. The molecule has 0 spiro atoms. The van der Waals surface area contributed by atoms with Gasteiger partial charge in [-0.15, -0.1) is 11.3 Å². The molecule has 2 amide bonds. The summed E-state index contributed by atoms with van der Waals surface area (Å²) in [5.41, 5.74) is 2.60. The molecule has 1 aliphatic heterocycles. The Kier molecular flexibility index (Phi) is 4.81. The van der Waals surface area contributed by atoms with E-state index in [1.165, 1.54) is 0 Å². The van der Waals surface area contributed by atoms with Gasteiger partial charge < -0.3 is 14.2 Å². The molecule has 0 saturated heterocycles. The highest BCUT2D eigenvalue weighted by Gasteiger charge is 2.25. The lowest BCUT2D eigenvalue weighted by Crippen LogP contribution is -2.30. The first-order valence-corrected chi connectivity index (χ1v) is 9.75. The van der Waals surface area contributed by atoms with E-state index in [9.17, 15) is 9.59 Å². The summed E-state index contributed by atoms with van der Waals surface area (Å²) < 4.78 is 5.45. The zero-order chi connectivity index (χ0) is 18.8. The second-order valence-corrected chi connectivity index (χ2v) is 7.62. The number of amides is 2. The molecular weight excluding hydrogens is 360 g/mol. The van der Waals surface area contributed by atoms with Crippen molar-refractivity contribution in [3.8, 4) is 0 Å². The van der Waals surface area contributed by atoms with Gasteiger partial charge in [0.2, 0.25) is 5.91 Å². The maximum Gasteiger partial charge on any atom is 0.254 e. The molecule has 0 atom stereocenters. The van der Waals surface area contributed by atoms with Crippen molar-refractivity contribution in [3.63, 3.8) is 0 Å². The second-order valence-electron chi connectivity index (χ2n) is 6.58. The molecule has 6 heteroatoms. The molecule has 138 valence electrons. The van der Waals surface area contributed by atoms with Crippen LogP contribution < -0.4 is 4.90 Å². The summed E-state index contributed by atoms with van der Waals surface area (Å²) in [6.07, 6.45) is 2.40. The molecule has 0 fully saturated rings. The number of hydrogen-bond acceptors (Lipinski definition) is 4. The van der Waals surface area contributed by atoms with Crippen LogP contribution in [-0.4, -0.2) is 23.3 Å². The average molecular weight is 380 g/mol. The lowest BCUT2D eigenvalue weighted by molar-refractivity contribution is -0.116. The normalized spacial score (nSPS) is 12.9. The molecule has 0 aliphatic carbocycles. The second kappa shape index (κ2) is 7.40. The van der Waals surface area contributed by atoms with Gasteiger partial charge in [0.05, 0.1) is 19.4 Å². The van der Waals surface area contributed by atoms with Crippen molar-refractivity contribution in [2.75, 3.05) is 11.4 Å². The van der Waals surface area contributed by atoms with Crippen molar-refractivity contribution in [3.05, 3.63) is 75.9 Å². The third kappa shape index (κ3) is 3.66. The fraction of sp³-hybridized carbons (Fsp3) is 0.238. The average Bonchev–Trinajstić information content (AvgIpc) is 3.41. The minimum Gasteiger partial charge on any atom is -0.467 e. The van der Waals surface area contributed by atoms with Crippen LogP contribution in [0.25, 0.3) is 0 Å². The van der Waals surface area contributed by atoms with E-state index in [0.717, 1.165) is 28.3 Å². The summed E-state index contributed by atoms with van der Waals surface area (Å²) in [6.45, 7) is 3.20. The quantitative estimate of drug-likeness (QED) is 0.670. The summed E-state index contributed by atoms with van der Waals surface area (Å²) in [5, 5.41) is 2.01. The van der Waals surface area contributed by atoms with Crippen LogP contribution in [0.5, 0.6) is 0 Å². The van der Waals surface area contributed by atoms with Gasteiger partial charge in [0.1, 0.15) is 5.76 Å². The highest BCUT2D eigenvalue weighted by atomic mass is 32.1. The molecule has 3 aromatic rings. The van der Waals surface area contributed by atoms with Gasteiger partial charge in [-0.25, -0.2) is 0 Å². The number of thiophene rings is 1. The summed E-state index contributed by atoms with van der Waals surface area (Å²) in [7, 11) is 0. The Morgan fingerprint density at radius 2 is 2.07 bits per heavy atom. The van der Waals surface area contributed by atoms with Crippen molar-refractivity contribution in [2.24, 2.45) is 0 Å². The van der Waals surface area contributed by atoms with Crippen molar-refractivity contribution in [1.82, 2.24) is 4.90 Å². The van der Waals surface area contributed by atoms with Crippen LogP contribution in [0.3, 0.4) is 0 Å². The number of hydrogen-bond donors (Lipinski definition) is 0. The number of carbonyl (C=O) groups is 2. The Hall–Kier alpha value is -2.86. The number of fused-ring (bicyclic) bond motifs is 1. The molecule has 0 bridgehead atoms. The van der Waals surface area contributed by atoms with Gasteiger partial charge in [-0.3, -0.25) is 9.59 Å². The third-order valence-electron chi connectivity index (χ3n) is 4.74. The zero-order valence-electron chi connectivity index (χ0n) is 15.1. The van der Waals surface area contributed by atoms with Gasteiger partial charge >= 0.3 is 0 Å². The first-order valence-electron chi connectivity index (χ1n) is 8.87. The molecule has 27 heavy (non-hydrogen) atoms. The lowest BCUT2D eigenvalue weighted by Gasteiger charge is -2.22. The minimum atomic E-state index is -0.0381. The first kappa shape index (κ1) is 17.5. The first-order chi connectivity index (χ1) is 13.1. The molecule has 2 aromatic heterocycles. The number of rotatable bonds is 5. The van der Waals surface area contributed by atoms with Crippen molar-refractivity contribution >= 4 is 28.8 Å². The predicted molar refractivity (Wildman–Crippen MR) is 105 cm³/mol. The van der Waals surface area contributed by atoms with Crippen LogP contribution in [0.2, 0.25) is 0 Å². The van der Waals surface area contributed by atoms with Crippen molar-refractivity contribution in [2.45, 2.75) is 26.4 Å². The van der Waals surface area contributed by atoms with Crippen LogP contribution in [-0.2, 0) is 24.3 Å². The van der Waals surface area contributed by atoms with Crippen LogP contribution in [0.1, 0.15) is 33.5 Å².